The van der Waals surface area contributed by atoms with Gasteiger partial charge >= 0.3 is 0 Å². The first-order valence-corrected chi connectivity index (χ1v) is 6.35. The monoisotopic (exact) mass is 247 g/mol. The molecular weight excluding hydrogens is 226 g/mol. The molecule has 1 amide bonds. The lowest BCUT2D eigenvalue weighted by atomic mass is 9.82. The molecule has 1 aliphatic rings. The number of hydrogen-bond donors (Lipinski definition) is 1. The molecule has 0 radical (unpaired) electrons. The van der Waals surface area contributed by atoms with Crippen molar-refractivity contribution in [2.24, 2.45) is 10.8 Å². The minimum atomic E-state index is -0.483. The quantitative estimate of drug-likeness (QED) is 0.774. The van der Waals surface area contributed by atoms with Gasteiger partial charge in [-0.2, -0.15) is 0 Å². The van der Waals surface area contributed by atoms with Gasteiger partial charge in [-0.15, -0.1) is 11.6 Å². The minimum absolute atomic E-state index is 0.0372. The maximum Gasteiger partial charge on any atom is 0.226 e. The van der Waals surface area contributed by atoms with Gasteiger partial charge < -0.3 is 10.1 Å². The first kappa shape index (κ1) is 13.8. The van der Waals surface area contributed by atoms with Gasteiger partial charge in [0.2, 0.25) is 5.91 Å². The molecule has 1 rings (SSSR count). The predicted octanol–water partition coefficient (Wildman–Crippen LogP) is 2.18. The fourth-order valence-corrected chi connectivity index (χ4v) is 1.76. The molecular formula is C12H22ClNO2. The molecule has 16 heavy (non-hydrogen) atoms. The Morgan fingerprint density at radius 2 is 2.00 bits per heavy atom. The third-order valence-electron chi connectivity index (χ3n) is 3.32. The van der Waals surface area contributed by atoms with Crippen LogP contribution in [0.2, 0.25) is 0 Å². The van der Waals surface area contributed by atoms with Gasteiger partial charge in [0.05, 0.1) is 5.41 Å². The van der Waals surface area contributed by atoms with E-state index in [9.17, 15) is 4.79 Å². The van der Waals surface area contributed by atoms with E-state index in [0.29, 0.717) is 5.88 Å². The molecule has 1 fully saturated rings. The highest BCUT2D eigenvalue weighted by molar-refractivity contribution is 6.19. The van der Waals surface area contributed by atoms with Crippen molar-refractivity contribution >= 4 is 17.5 Å². The number of halogens is 1. The fraction of sp³-hybridized carbons (Fsp3) is 0.917. The van der Waals surface area contributed by atoms with E-state index in [-0.39, 0.29) is 11.3 Å². The van der Waals surface area contributed by atoms with Crippen LogP contribution in [-0.4, -0.2) is 31.5 Å². The van der Waals surface area contributed by atoms with E-state index in [4.69, 9.17) is 16.3 Å². The van der Waals surface area contributed by atoms with Crippen LogP contribution in [0.1, 0.15) is 33.6 Å². The first-order valence-electron chi connectivity index (χ1n) is 5.82. The van der Waals surface area contributed by atoms with Crippen molar-refractivity contribution in [3.63, 3.8) is 0 Å². The SMILES string of the molecule is CC1(CNC(=O)C(C)(C)CCl)CCOCC1. The average molecular weight is 248 g/mol. The molecule has 0 spiro atoms. The van der Waals surface area contributed by atoms with E-state index >= 15 is 0 Å². The summed E-state index contributed by atoms with van der Waals surface area (Å²) in [7, 11) is 0. The van der Waals surface area contributed by atoms with E-state index in [1.165, 1.54) is 0 Å². The molecule has 0 saturated carbocycles. The smallest absolute Gasteiger partial charge is 0.226 e. The number of rotatable bonds is 4. The zero-order valence-corrected chi connectivity index (χ0v) is 11.2. The lowest BCUT2D eigenvalue weighted by molar-refractivity contribution is -0.129. The lowest BCUT2D eigenvalue weighted by Gasteiger charge is -2.34. The van der Waals surface area contributed by atoms with Crippen LogP contribution in [0.25, 0.3) is 0 Å². The second kappa shape index (κ2) is 5.37. The third-order valence-corrected chi connectivity index (χ3v) is 3.99. The summed E-state index contributed by atoms with van der Waals surface area (Å²) in [6.45, 7) is 8.23. The molecule has 1 aliphatic heterocycles. The molecule has 1 heterocycles. The van der Waals surface area contributed by atoms with Crippen LogP contribution in [0.4, 0.5) is 0 Å². The van der Waals surface area contributed by atoms with Crippen molar-refractivity contribution in [1.29, 1.82) is 0 Å². The van der Waals surface area contributed by atoms with E-state index in [1.54, 1.807) is 0 Å². The number of ether oxygens (including phenoxy) is 1. The normalized spacial score (nSPS) is 20.5. The molecule has 4 heteroatoms. The molecule has 0 bridgehead atoms. The molecule has 0 aromatic heterocycles. The molecule has 0 atom stereocenters. The molecule has 0 aliphatic carbocycles. The van der Waals surface area contributed by atoms with E-state index < -0.39 is 5.41 Å². The number of carbonyl (C=O) groups excluding carboxylic acids is 1. The third kappa shape index (κ3) is 3.63. The summed E-state index contributed by atoms with van der Waals surface area (Å²) >= 11 is 5.76. The Bertz CT molecular complexity index is 247. The molecule has 0 aromatic rings. The van der Waals surface area contributed by atoms with Gasteiger partial charge in [-0.1, -0.05) is 6.92 Å². The summed E-state index contributed by atoms with van der Waals surface area (Å²) in [5.41, 5.74) is -0.306. The largest absolute Gasteiger partial charge is 0.381 e. The summed E-state index contributed by atoms with van der Waals surface area (Å²) in [6, 6.07) is 0. The van der Waals surface area contributed by atoms with Crippen molar-refractivity contribution in [1.82, 2.24) is 5.32 Å². The average Bonchev–Trinajstić information content (AvgIpc) is 2.27. The molecule has 1 N–H and O–H groups in total. The summed E-state index contributed by atoms with van der Waals surface area (Å²) in [5, 5.41) is 3.01. The van der Waals surface area contributed by atoms with Crippen LogP contribution in [0.5, 0.6) is 0 Å². The Balaban J connectivity index is 2.41. The maximum absolute atomic E-state index is 11.9. The highest BCUT2D eigenvalue weighted by Crippen LogP contribution is 2.29. The summed E-state index contributed by atoms with van der Waals surface area (Å²) in [5.74, 6) is 0.383. The Hall–Kier alpha value is -0.280. The van der Waals surface area contributed by atoms with E-state index in [2.05, 4.69) is 12.2 Å². The number of amides is 1. The molecule has 0 aromatic carbocycles. The van der Waals surface area contributed by atoms with Crippen molar-refractivity contribution in [2.75, 3.05) is 25.6 Å². The van der Waals surface area contributed by atoms with Gasteiger partial charge in [-0.3, -0.25) is 4.79 Å². The van der Waals surface area contributed by atoms with Crippen LogP contribution >= 0.6 is 11.6 Å². The van der Waals surface area contributed by atoms with Crippen LogP contribution in [-0.2, 0) is 9.53 Å². The van der Waals surface area contributed by atoms with Crippen molar-refractivity contribution in [3.05, 3.63) is 0 Å². The zero-order valence-electron chi connectivity index (χ0n) is 10.4. The summed E-state index contributed by atoms with van der Waals surface area (Å²) in [6.07, 6.45) is 2.02. The number of alkyl halides is 1. The molecule has 1 saturated heterocycles. The highest BCUT2D eigenvalue weighted by atomic mass is 35.5. The van der Waals surface area contributed by atoms with Crippen molar-refractivity contribution < 1.29 is 9.53 Å². The molecule has 3 nitrogen and oxygen atoms in total. The Morgan fingerprint density at radius 1 is 1.44 bits per heavy atom. The molecule has 0 unspecified atom stereocenters. The summed E-state index contributed by atoms with van der Waals surface area (Å²) < 4.78 is 5.33. The topological polar surface area (TPSA) is 38.3 Å². The summed E-state index contributed by atoms with van der Waals surface area (Å²) in [4.78, 5) is 11.9. The fourth-order valence-electron chi connectivity index (χ4n) is 1.63. The number of nitrogens with one attached hydrogen (secondary N) is 1. The number of carbonyl (C=O) groups is 1. The van der Waals surface area contributed by atoms with Crippen LogP contribution in [0.15, 0.2) is 0 Å². The molecule has 94 valence electrons. The second-order valence-corrected chi connectivity index (χ2v) is 5.89. The van der Waals surface area contributed by atoms with Gasteiger partial charge in [0.1, 0.15) is 0 Å². The maximum atomic E-state index is 11.9. The van der Waals surface area contributed by atoms with Gasteiger partial charge in [0.15, 0.2) is 0 Å². The Morgan fingerprint density at radius 3 is 2.50 bits per heavy atom. The Labute approximate surface area is 103 Å². The predicted molar refractivity (Wildman–Crippen MR) is 65.7 cm³/mol. The standard InChI is InChI=1S/C12H22ClNO2/c1-11(2,8-13)10(15)14-9-12(3)4-6-16-7-5-12/h4-9H2,1-3H3,(H,14,15). The van der Waals surface area contributed by atoms with Gasteiger partial charge in [-0.05, 0) is 32.1 Å². The Kier molecular flexibility index (Phi) is 4.62. The van der Waals surface area contributed by atoms with E-state index in [1.807, 2.05) is 13.8 Å². The lowest BCUT2D eigenvalue weighted by Crippen LogP contribution is -2.44. The van der Waals surface area contributed by atoms with Gasteiger partial charge in [0, 0.05) is 25.6 Å². The van der Waals surface area contributed by atoms with Crippen LogP contribution in [0.3, 0.4) is 0 Å². The minimum Gasteiger partial charge on any atom is -0.381 e. The highest BCUT2D eigenvalue weighted by Gasteiger charge is 2.31. The van der Waals surface area contributed by atoms with Gasteiger partial charge in [0.25, 0.3) is 0 Å². The first-order chi connectivity index (χ1) is 7.40. The van der Waals surface area contributed by atoms with Crippen molar-refractivity contribution in [2.45, 2.75) is 33.6 Å². The second-order valence-electron chi connectivity index (χ2n) is 5.62. The van der Waals surface area contributed by atoms with Crippen LogP contribution in [0, 0.1) is 10.8 Å². The van der Waals surface area contributed by atoms with E-state index in [0.717, 1.165) is 32.6 Å². The zero-order chi connectivity index (χ0) is 12.2. The number of hydrogen-bond acceptors (Lipinski definition) is 2. The van der Waals surface area contributed by atoms with Gasteiger partial charge in [-0.25, -0.2) is 0 Å². The van der Waals surface area contributed by atoms with Crippen LogP contribution < -0.4 is 5.32 Å². The van der Waals surface area contributed by atoms with Crippen molar-refractivity contribution in [3.8, 4) is 0 Å².